The van der Waals surface area contributed by atoms with Crippen LogP contribution in [0.5, 0.6) is 0 Å². The van der Waals surface area contributed by atoms with Crippen LogP contribution in [0.4, 0.5) is 0 Å². The van der Waals surface area contributed by atoms with Crippen molar-refractivity contribution >= 4 is 17.5 Å². The number of aromatic nitrogens is 2. The second kappa shape index (κ2) is 8.47. The summed E-state index contributed by atoms with van der Waals surface area (Å²) in [6.07, 6.45) is 13.1. The van der Waals surface area contributed by atoms with Gasteiger partial charge in [0.15, 0.2) is 0 Å². The van der Waals surface area contributed by atoms with Gasteiger partial charge < -0.3 is 9.47 Å². The van der Waals surface area contributed by atoms with Crippen LogP contribution in [0.1, 0.15) is 62.8 Å². The molecule has 2 aliphatic carbocycles. The summed E-state index contributed by atoms with van der Waals surface area (Å²) >= 11 is 6.34. The van der Waals surface area contributed by atoms with Gasteiger partial charge in [0.05, 0.1) is 13.1 Å². The highest BCUT2D eigenvalue weighted by Gasteiger charge is 2.34. The molecule has 0 saturated heterocycles. The van der Waals surface area contributed by atoms with Gasteiger partial charge in [0.1, 0.15) is 5.82 Å². The summed E-state index contributed by atoms with van der Waals surface area (Å²) in [7, 11) is 0. The van der Waals surface area contributed by atoms with Crippen LogP contribution >= 0.6 is 11.6 Å². The third-order valence-corrected chi connectivity index (χ3v) is 6.53. The van der Waals surface area contributed by atoms with Gasteiger partial charge in [-0.05, 0) is 37.3 Å². The van der Waals surface area contributed by atoms with Crippen molar-refractivity contribution in [3.63, 3.8) is 0 Å². The summed E-state index contributed by atoms with van der Waals surface area (Å²) < 4.78 is 2.13. The first-order chi connectivity index (χ1) is 13.2. The van der Waals surface area contributed by atoms with Gasteiger partial charge >= 0.3 is 0 Å². The van der Waals surface area contributed by atoms with Crippen LogP contribution in [0.25, 0.3) is 0 Å². The molecule has 1 heterocycles. The van der Waals surface area contributed by atoms with E-state index in [4.69, 9.17) is 11.6 Å². The van der Waals surface area contributed by atoms with Crippen LogP contribution < -0.4 is 0 Å². The number of benzene rings is 1. The normalized spacial score (nSPS) is 18.3. The van der Waals surface area contributed by atoms with Gasteiger partial charge in [-0.2, -0.15) is 0 Å². The average Bonchev–Trinajstić information content (AvgIpc) is 3.07. The van der Waals surface area contributed by atoms with Crippen molar-refractivity contribution in [1.82, 2.24) is 14.5 Å². The van der Waals surface area contributed by atoms with Gasteiger partial charge in [0.2, 0.25) is 5.91 Å². The molecule has 2 fully saturated rings. The van der Waals surface area contributed by atoms with Crippen LogP contribution in [-0.4, -0.2) is 26.4 Å². The van der Waals surface area contributed by atoms with Gasteiger partial charge in [0, 0.05) is 29.4 Å². The predicted molar refractivity (Wildman–Crippen MR) is 108 cm³/mol. The number of nitrogens with zero attached hydrogens (tertiary/aromatic N) is 3. The number of halogens is 1. The number of hydrogen-bond donors (Lipinski definition) is 0. The zero-order chi connectivity index (χ0) is 18.6. The van der Waals surface area contributed by atoms with Crippen molar-refractivity contribution in [2.45, 2.75) is 70.5 Å². The van der Waals surface area contributed by atoms with Gasteiger partial charge in [-0.25, -0.2) is 4.98 Å². The number of imidazole rings is 1. The van der Waals surface area contributed by atoms with Crippen molar-refractivity contribution in [1.29, 1.82) is 0 Å². The molecule has 1 aromatic heterocycles. The number of carbonyl (C=O) groups excluding carboxylic acids is 1. The largest absolute Gasteiger partial charge is 0.332 e. The summed E-state index contributed by atoms with van der Waals surface area (Å²) in [6, 6.07) is 8.29. The average molecular weight is 386 g/mol. The molecule has 0 radical (unpaired) electrons. The van der Waals surface area contributed by atoms with Crippen LogP contribution in [-0.2, 0) is 17.9 Å². The Bertz CT molecular complexity index is 777. The molecule has 4 rings (SSSR count). The molecule has 2 aromatic rings. The van der Waals surface area contributed by atoms with Crippen molar-refractivity contribution in [3.8, 4) is 0 Å². The lowest BCUT2D eigenvalue weighted by atomic mass is 9.83. The number of carbonyl (C=O) groups is 1. The fourth-order valence-corrected chi connectivity index (χ4v) is 4.46. The number of amides is 1. The molecular weight excluding hydrogens is 358 g/mol. The Morgan fingerprint density at radius 1 is 1.11 bits per heavy atom. The van der Waals surface area contributed by atoms with E-state index in [-0.39, 0.29) is 5.92 Å². The minimum absolute atomic E-state index is 0.235. The number of rotatable bonds is 6. The van der Waals surface area contributed by atoms with Gasteiger partial charge in [0.25, 0.3) is 0 Å². The highest BCUT2D eigenvalue weighted by molar-refractivity contribution is 6.31. The Labute approximate surface area is 166 Å². The van der Waals surface area contributed by atoms with Crippen LogP contribution in [0.15, 0.2) is 36.7 Å². The summed E-state index contributed by atoms with van der Waals surface area (Å²) in [5.41, 5.74) is 1.08. The van der Waals surface area contributed by atoms with E-state index in [9.17, 15) is 4.79 Å². The molecular formula is C22H28ClN3O. The summed E-state index contributed by atoms with van der Waals surface area (Å²) in [6.45, 7) is 1.29. The summed E-state index contributed by atoms with van der Waals surface area (Å²) in [5.74, 6) is 1.53. The highest BCUT2D eigenvalue weighted by atomic mass is 35.5. The highest BCUT2D eigenvalue weighted by Crippen LogP contribution is 2.32. The molecule has 27 heavy (non-hydrogen) atoms. The Morgan fingerprint density at radius 2 is 1.89 bits per heavy atom. The third kappa shape index (κ3) is 4.21. The standard InChI is InChI=1S/C22H28ClN3O/c23-20-12-5-4-7-18(20)15-25-14-13-24-21(25)16-26(19-10-2-1-3-11-19)22(27)17-8-6-9-17/h4-5,7,12-14,17,19H,1-3,6,8-11,15-16H2. The third-order valence-electron chi connectivity index (χ3n) is 6.16. The Morgan fingerprint density at radius 3 is 2.59 bits per heavy atom. The van der Waals surface area contributed by atoms with E-state index < -0.39 is 0 Å². The SMILES string of the molecule is O=C(C1CCC1)N(Cc1nccn1Cc1ccccc1Cl)C1CCCCC1. The van der Waals surface area contributed by atoms with Gasteiger partial charge in [-0.3, -0.25) is 4.79 Å². The molecule has 4 nitrogen and oxygen atoms in total. The first-order valence-corrected chi connectivity index (χ1v) is 10.6. The molecule has 0 atom stereocenters. The minimum Gasteiger partial charge on any atom is -0.332 e. The fourth-order valence-electron chi connectivity index (χ4n) is 4.27. The molecule has 0 aliphatic heterocycles. The van der Waals surface area contributed by atoms with Crippen molar-refractivity contribution in [3.05, 3.63) is 53.1 Å². The molecule has 0 unspecified atom stereocenters. The molecule has 0 N–H and O–H groups in total. The van der Waals surface area contributed by atoms with Crippen molar-refractivity contribution in [2.75, 3.05) is 0 Å². The maximum atomic E-state index is 13.1. The van der Waals surface area contributed by atoms with Crippen LogP contribution in [0, 0.1) is 5.92 Å². The van der Waals surface area contributed by atoms with Crippen molar-refractivity contribution in [2.24, 2.45) is 5.92 Å². The van der Waals surface area contributed by atoms with Crippen molar-refractivity contribution < 1.29 is 4.79 Å². The van der Waals surface area contributed by atoms with Gasteiger partial charge in [-0.1, -0.05) is 55.5 Å². The zero-order valence-corrected chi connectivity index (χ0v) is 16.6. The topological polar surface area (TPSA) is 38.1 Å². The van der Waals surface area contributed by atoms with Gasteiger partial charge in [-0.15, -0.1) is 0 Å². The molecule has 2 saturated carbocycles. The van der Waals surface area contributed by atoms with E-state index in [1.165, 1.54) is 25.7 Å². The zero-order valence-electron chi connectivity index (χ0n) is 15.8. The second-order valence-corrected chi connectivity index (χ2v) is 8.36. The first kappa shape index (κ1) is 18.5. The molecule has 1 amide bonds. The lowest BCUT2D eigenvalue weighted by Gasteiger charge is -2.38. The quantitative estimate of drug-likeness (QED) is 0.698. The van der Waals surface area contributed by atoms with E-state index in [0.717, 1.165) is 42.1 Å². The first-order valence-electron chi connectivity index (χ1n) is 10.3. The summed E-state index contributed by atoms with van der Waals surface area (Å²) in [5, 5.41) is 0.770. The Balaban J connectivity index is 1.53. The molecule has 1 aromatic carbocycles. The number of hydrogen-bond acceptors (Lipinski definition) is 2. The molecule has 5 heteroatoms. The minimum atomic E-state index is 0.235. The van der Waals surface area contributed by atoms with Crippen LogP contribution in [0.3, 0.4) is 0 Å². The lowest BCUT2D eigenvalue weighted by Crippen LogP contribution is -2.46. The monoisotopic (exact) mass is 385 g/mol. The van der Waals surface area contributed by atoms with E-state index >= 15 is 0 Å². The second-order valence-electron chi connectivity index (χ2n) is 7.95. The fraction of sp³-hybridized carbons (Fsp3) is 0.545. The molecule has 2 aliphatic rings. The maximum Gasteiger partial charge on any atom is 0.226 e. The van der Waals surface area contributed by atoms with E-state index in [1.54, 1.807) is 0 Å². The maximum absolute atomic E-state index is 13.1. The molecule has 144 valence electrons. The smallest absolute Gasteiger partial charge is 0.226 e. The van der Waals surface area contributed by atoms with E-state index in [0.29, 0.717) is 25.0 Å². The van der Waals surface area contributed by atoms with E-state index in [1.807, 2.05) is 36.7 Å². The molecule has 0 spiro atoms. The summed E-state index contributed by atoms with van der Waals surface area (Å²) in [4.78, 5) is 19.9. The van der Waals surface area contributed by atoms with Crippen LogP contribution in [0.2, 0.25) is 5.02 Å². The Hall–Kier alpha value is -1.81. The lowest BCUT2D eigenvalue weighted by molar-refractivity contribution is -0.142. The molecule has 0 bridgehead atoms. The predicted octanol–water partition coefficient (Wildman–Crippen LogP) is 5.05. The van der Waals surface area contributed by atoms with E-state index in [2.05, 4.69) is 14.5 Å². The Kier molecular flexibility index (Phi) is 5.82.